The SMILES string of the molecule is Oc1cc(-c2nc3c4c(nc(OC[C@]56CCCN5C[C@@H](F)C6)nc4c2F)N2CC4C[C@H]5C(N4)[C@@]52CO3)c2c(F)c(F)ccc2c1. The third kappa shape index (κ3) is 3.37. The molecule has 6 fully saturated rings. The van der Waals surface area contributed by atoms with Crippen molar-refractivity contribution >= 4 is 27.5 Å². The highest BCUT2D eigenvalue weighted by Crippen LogP contribution is 2.62. The summed E-state index contributed by atoms with van der Waals surface area (Å²) in [4.78, 5) is 18.2. The van der Waals surface area contributed by atoms with E-state index in [9.17, 15) is 13.9 Å². The Kier molecular flexibility index (Phi) is 5.04. The van der Waals surface area contributed by atoms with Crippen molar-refractivity contribution in [1.29, 1.82) is 0 Å². The molecule has 2 N–H and O–H groups in total. The van der Waals surface area contributed by atoms with Gasteiger partial charge in [-0.1, -0.05) is 6.07 Å². The van der Waals surface area contributed by atoms with E-state index in [2.05, 4.69) is 25.1 Å². The molecule has 232 valence electrons. The third-order valence-corrected chi connectivity index (χ3v) is 11.2. The number of piperazine rings is 1. The van der Waals surface area contributed by atoms with Crippen molar-refractivity contribution < 1.29 is 32.1 Å². The van der Waals surface area contributed by atoms with Crippen LogP contribution in [0.1, 0.15) is 25.7 Å². The average molecular weight is 621 g/mol. The van der Waals surface area contributed by atoms with Crippen LogP contribution in [-0.4, -0.2) is 87.1 Å². The third-order valence-electron chi connectivity index (χ3n) is 11.2. The van der Waals surface area contributed by atoms with Crippen molar-refractivity contribution in [3.05, 3.63) is 41.7 Å². The van der Waals surface area contributed by atoms with Crippen LogP contribution >= 0.6 is 0 Å². The van der Waals surface area contributed by atoms with Gasteiger partial charge in [-0.05, 0) is 49.4 Å². The van der Waals surface area contributed by atoms with Gasteiger partial charge in [0.2, 0.25) is 5.88 Å². The van der Waals surface area contributed by atoms with E-state index in [1.807, 2.05) is 0 Å². The second-order valence-corrected chi connectivity index (χ2v) is 13.5. The van der Waals surface area contributed by atoms with Gasteiger partial charge in [-0.15, -0.1) is 0 Å². The minimum Gasteiger partial charge on any atom is -0.508 e. The number of halogens is 4. The number of phenols is 1. The summed E-state index contributed by atoms with van der Waals surface area (Å²) >= 11 is 0. The summed E-state index contributed by atoms with van der Waals surface area (Å²) in [6, 6.07) is 5.07. The molecule has 8 heterocycles. The first-order chi connectivity index (χ1) is 21.8. The van der Waals surface area contributed by atoms with Gasteiger partial charge in [-0.25, -0.2) is 22.5 Å². The van der Waals surface area contributed by atoms with Crippen molar-refractivity contribution in [2.24, 2.45) is 5.92 Å². The molecule has 2 aromatic carbocycles. The maximum absolute atomic E-state index is 16.9. The number of rotatable bonds is 4. The van der Waals surface area contributed by atoms with E-state index in [-0.39, 0.29) is 75.9 Å². The summed E-state index contributed by atoms with van der Waals surface area (Å²) in [7, 11) is 0. The Morgan fingerprint density at radius 3 is 2.82 bits per heavy atom. The first-order valence-corrected chi connectivity index (χ1v) is 15.5. The van der Waals surface area contributed by atoms with Crippen molar-refractivity contribution in [3.63, 3.8) is 0 Å². The lowest BCUT2D eigenvalue weighted by atomic mass is 9.95. The van der Waals surface area contributed by atoms with E-state index >= 15 is 8.78 Å². The number of benzene rings is 2. The molecule has 6 atom stereocenters. The number of pyridine rings is 1. The molecule has 6 aliphatic heterocycles. The van der Waals surface area contributed by atoms with Gasteiger partial charge in [0.15, 0.2) is 17.5 Å². The van der Waals surface area contributed by atoms with Gasteiger partial charge in [0, 0.05) is 48.5 Å². The lowest BCUT2D eigenvalue weighted by Crippen LogP contribution is -2.60. The Hall–Kier alpha value is -3.97. The van der Waals surface area contributed by atoms with E-state index in [0.717, 1.165) is 37.9 Å². The van der Waals surface area contributed by atoms with Crippen LogP contribution in [0, 0.1) is 23.4 Å². The molecule has 4 bridgehead atoms. The number of hydrogen-bond donors (Lipinski definition) is 2. The number of aromatic hydroxyl groups is 1. The van der Waals surface area contributed by atoms with Gasteiger partial charge in [-0.2, -0.15) is 9.97 Å². The standard InChI is InChI=1S/C32H28F4N6O3/c33-15-9-31(4-1-5-41(31)10-15)12-45-30-39-26-22-28(40-30)42-11-16-7-19-27(37-16)32(19,42)13-44-29(22)38-25(24(26)36)18-8-17(43)6-14-2-3-20(34)23(35)21(14)18/h2-3,6,8,15-16,19,27,37,43H,1,4-5,7,9-13H2/t15-,16?,19-,27?,31+,32+/m0/s1. The van der Waals surface area contributed by atoms with Gasteiger partial charge < -0.3 is 24.8 Å². The van der Waals surface area contributed by atoms with E-state index < -0.39 is 34.7 Å². The molecule has 4 aromatic rings. The molecule has 45 heavy (non-hydrogen) atoms. The summed E-state index contributed by atoms with van der Waals surface area (Å²) < 4.78 is 73.6. The molecule has 0 amide bonds. The Labute approximate surface area is 254 Å². The first-order valence-electron chi connectivity index (χ1n) is 15.5. The van der Waals surface area contributed by atoms with Gasteiger partial charge in [0.1, 0.15) is 47.5 Å². The number of aromatic nitrogens is 3. The Morgan fingerprint density at radius 1 is 1.09 bits per heavy atom. The first kappa shape index (κ1) is 26.3. The van der Waals surface area contributed by atoms with Crippen LogP contribution in [0.5, 0.6) is 17.6 Å². The van der Waals surface area contributed by atoms with Crippen LogP contribution < -0.4 is 19.7 Å². The van der Waals surface area contributed by atoms with Crippen molar-refractivity contribution in [2.45, 2.75) is 55.0 Å². The quantitative estimate of drug-likeness (QED) is 0.325. The molecule has 11 rings (SSSR count). The number of piperidine rings is 2. The molecule has 0 radical (unpaired) electrons. The molecule has 1 spiro atoms. The molecule has 2 aromatic heterocycles. The van der Waals surface area contributed by atoms with E-state index in [4.69, 9.17) is 14.5 Å². The van der Waals surface area contributed by atoms with Gasteiger partial charge in [0.25, 0.3) is 0 Å². The number of nitrogens with one attached hydrogen (secondary N) is 1. The second-order valence-electron chi connectivity index (χ2n) is 13.5. The van der Waals surface area contributed by atoms with E-state index in [1.54, 1.807) is 0 Å². The second kappa shape index (κ2) is 8.64. The number of phenolic OH excluding ortho intramolecular Hbond substituents is 1. The summed E-state index contributed by atoms with van der Waals surface area (Å²) in [5.74, 6) is -2.64. The highest BCUT2D eigenvalue weighted by Gasteiger charge is 2.76. The van der Waals surface area contributed by atoms with Crippen LogP contribution in [0.15, 0.2) is 24.3 Å². The number of ether oxygens (including phenoxy) is 2. The van der Waals surface area contributed by atoms with Crippen LogP contribution in [0.4, 0.5) is 23.4 Å². The maximum atomic E-state index is 16.9. The smallest absolute Gasteiger partial charge is 0.319 e. The average Bonchev–Trinajstić information content (AvgIpc) is 3.26. The van der Waals surface area contributed by atoms with Gasteiger partial charge in [0.05, 0.1) is 11.1 Å². The predicted octanol–water partition coefficient (Wildman–Crippen LogP) is 4.23. The largest absolute Gasteiger partial charge is 0.508 e. The zero-order valence-corrected chi connectivity index (χ0v) is 24.0. The number of anilines is 1. The maximum Gasteiger partial charge on any atom is 0.319 e. The molecule has 13 heteroatoms. The normalized spacial score (nSPS) is 32.5. The highest BCUT2D eigenvalue weighted by atomic mass is 19.2. The van der Waals surface area contributed by atoms with E-state index in [0.29, 0.717) is 31.2 Å². The number of hydrogen-bond acceptors (Lipinski definition) is 9. The minimum atomic E-state index is -1.19. The molecule has 1 aliphatic carbocycles. The fraction of sp³-hybridized carbons (Fsp3) is 0.469. The Bertz CT molecular complexity index is 1970. The summed E-state index contributed by atoms with van der Waals surface area (Å²) in [6.07, 6.45) is 2.13. The molecule has 2 unspecified atom stereocenters. The molecule has 7 aliphatic rings. The summed E-state index contributed by atoms with van der Waals surface area (Å²) in [6.45, 7) is 2.21. The van der Waals surface area contributed by atoms with Crippen LogP contribution in [0.3, 0.4) is 0 Å². The molecule has 9 nitrogen and oxygen atoms in total. The number of alkyl halides is 1. The fourth-order valence-corrected chi connectivity index (χ4v) is 9.22. The van der Waals surface area contributed by atoms with Crippen molar-refractivity contribution in [2.75, 3.05) is 37.7 Å². The molecule has 1 saturated carbocycles. The zero-order chi connectivity index (χ0) is 30.4. The zero-order valence-electron chi connectivity index (χ0n) is 24.0. The summed E-state index contributed by atoms with van der Waals surface area (Å²) in [5.41, 5.74) is -1.49. The highest BCUT2D eigenvalue weighted by molar-refractivity contribution is 6.02. The fourth-order valence-electron chi connectivity index (χ4n) is 9.22. The molecular weight excluding hydrogens is 592 g/mol. The van der Waals surface area contributed by atoms with Crippen LogP contribution in [0.25, 0.3) is 32.9 Å². The predicted molar refractivity (Wildman–Crippen MR) is 155 cm³/mol. The Morgan fingerprint density at radius 2 is 1.98 bits per heavy atom. The monoisotopic (exact) mass is 620 g/mol. The van der Waals surface area contributed by atoms with Crippen molar-refractivity contribution in [1.82, 2.24) is 25.2 Å². The molecular formula is C32H28F4N6O3. The van der Waals surface area contributed by atoms with E-state index in [1.165, 1.54) is 12.1 Å². The molecule has 5 saturated heterocycles. The Balaban J connectivity index is 1.18. The summed E-state index contributed by atoms with van der Waals surface area (Å²) in [5, 5.41) is 14.4. The minimum absolute atomic E-state index is 0.0533. The van der Waals surface area contributed by atoms with Gasteiger partial charge in [-0.3, -0.25) is 4.90 Å². The number of fused-ring (bicyclic) bond motifs is 2. The van der Waals surface area contributed by atoms with Crippen LogP contribution in [0.2, 0.25) is 0 Å². The lowest BCUT2D eigenvalue weighted by molar-refractivity contribution is 0.107. The van der Waals surface area contributed by atoms with Crippen molar-refractivity contribution in [3.8, 4) is 28.9 Å². The van der Waals surface area contributed by atoms with Gasteiger partial charge >= 0.3 is 6.01 Å². The van der Waals surface area contributed by atoms with Crippen LogP contribution in [-0.2, 0) is 0 Å². The topological polar surface area (TPSA) is 95.9 Å². The number of nitrogens with zero attached hydrogens (tertiary/aromatic N) is 5. The lowest BCUT2D eigenvalue weighted by Gasteiger charge is -2.42.